The molecule has 1 aromatic heterocycles. The van der Waals surface area contributed by atoms with Crippen molar-refractivity contribution in [3.63, 3.8) is 0 Å². The summed E-state index contributed by atoms with van der Waals surface area (Å²) >= 11 is 0. The number of aldehydes is 1. The van der Waals surface area contributed by atoms with Crippen LogP contribution in [0.1, 0.15) is 76.4 Å². The minimum atomic E-state index is -0.668. The molecule has 1 amide bonds. The molecule has 8 nitrogen and oxygen atoms in total. The highest BCUT2D eigenvalue weighted by atomic mass is 16.6. The maximum absolute atomic E-state index is 12.7. The van der Waals surface area contributed by atoms with Crippen molar-refractivity contribution in [1.29, 1.82) is 0 Å². The first-order valence-electron chi connectivity index (χ1n) is 11.2. The molecule has 1 fully saturated rings. The van der Waals surface area contributed by atoms with Gasteiger partial charge in [0.25, 0.3) is 0 Å². The Morgan fingerprint density at radius 2 is 1.73 bits per heavy atom. The first-order chi connectivity index (χ1) is 15.4. The molecule has 0 N–H and O–H groups in total. The van der Waals surface area contributed by atoms with Gasteiger partial charge in [0.15, 0.2) is 0 Å². The van der Waals surface area contributed by atoms with E-state index in [-0.39, 0.29) is 12.0 Å². The molecule has 0 bridgehead atoms. The Kier molecular flexibility index (Phi) is 6.95. The Balaban J connectivity index is 1.97. The van der Waals surface area contributed by atoms with Crippen molar-refractivity contribution in [2.75, 3.05) is 13.1 Å². The van der Waals surface area contributed by atoms with Crippen molar-refractivity contribution in [2.24, 2.45) is 0 Å². The molecule has 2 aromatic rings. The Morgan fingerprint density at radius 3 is 2.36 bits per heavy atom. The second-order valence-corrected chi connectivity index (χ2v) is 10.4. The van der Waals surface area contributed by atoms with Crippen LogP contribution in [0.4, 0.5) is 9.59 Å². The van der Waals surface area contributed by atoms with Crippen LogP contribution in [0.3, 0.4) is 0 Å². The number of amides is 1. The fraction of sp³-hybridized carbons (Fsp3) is 0.520. The third-order valence-electron chi connectivity index (χ3n) is 5.12. The third kappa shape index (κ3) is 6.43. The lowest BCUT2D eigenvalue weighted by Crippen LogP contribution is -2.42. The van der Waals surface area contributed by atoms with Gasteiger partial charge in [0.2, 0.25) is 0 Å². The zero-order valence-electron chi connectivity index (χ0n) is 20.3. The van der Waals surface area contributed by atoms with Gasteiger partial charge in [-0.25, -0.2) is 9.59 Å². The van der Waals surface area contributed by atoms with Gasteiger partial charge in [0, 0.05) is 36.3 Å². The van der Waals surface area contributed by atoms with Crippen molar-refractivity contribution >= 4 is 18.5 Å². The lowest BCUT2D eigenvalue weighted by Gasteiger charge is -2.33. The van der Waals surface area contributed by atoms with E-state index in [1.165, 1.54) is 4.68 Å². The van der Waals surface area contributed by atoms with Crippen LogP contribution in [0, 0.1) is 0 Å². The average Bonchev–Trinajstić information content (AvgIpc) is 3.17. The third-order valence-corrected chi connectivity index (χ3v) is 5.12. The van der Waals surface area contributed by atoms with E-state index in [0.29, 0.717) is 24.3 Å². The van der Waals surface area contributed by atoms with E-state index in [9.17, 15) is 14.4 Å². The van der Waals surface area contributed by atoms with Crippen LogP contribution in [0.25, 0.3) is 11.1 Å². The molecule has 0 radical (unpaired) electrons. The lowest BCUT2D eigenvalue weighted by molar-refractivity contribution is 0.0195. The highest BCUT2D eigenvalue weighted by Crippen LogP contribution is 2.34. The Labute approximate surface area is 194 Å². The smallest absolute Gasteiger partial charge is 0.435 e. The molecule has 178 valence electrons. The van der Waals surface area contributed by atoms with Gasteiger partial charge in [-0.3, -0.25) is 4.79 Å². The summed E-state index contributed by atoms with van der Waals surface area (Å²) in [4.78, 5) is 38.4. The van der Waals surface area contributed by atoms with E-state index in [0.717, 1.165) is 30.3 Å². The molecule has 0 spiro atoms. The average molecular weight is 456 g/mol. The topological polar surface area (TPSA) is 90.7 Å². The van der Waals surface area contributed by atoms with Crippen LogP contribution in [-0.2, 0) is 9.47 Å². The molecule has 1 aliphatic heterocycles. The van der Waals surface area contributed by atoms with Crippen LogP contribution in [-0.4, -0.2) is 57.4 Å². The SMILES string of the molecule is CC(C)(C)OC(=O)N1CCC[C@@H](c2nn(C(=O)OC(C)(C)C)cc2-c2cccc(C=O)c2)C1. The van der Waals surface area contributed by atoms with Gasteiger partial charge in [-0.15, -0.1) is 0 Å². The molecule has 0 unspecified atom stereocenters. The zero-order chi connectivity index (χ0) is 24.4. The molecule has 0 aliphatic carbocycles. The molecule has 2 heterocycles. The van der Waals surface area contributed by atoms with Crippen molar-refractivity contribution in [3.8, 4) is 11.1 Å². The van der Waals surface area contributed by atoms with Crippen molar-refractivity contribution in [3.05, 3.63) is 41.7 Å². The molecule has 8 heteroatoms. The van der Waals surface area contributed by atoms with E-state index < -0.39 is 17.3 Å². The first kappa shape index (κ1) is 24.5. The molecule has 1 aromatic carbocycles. The summed E-state index contributed by atoms with van der Waals surface area (Å²) < 4.78 is 12.3. The quantitative estimate of drug-likeness (QED) is 0.586. The van der Waals surface area contributed by atoms with Gasteiger partial charge in [-0.1, -0.05) is 18.2 Å². The van der Waals surface area contributed by atoms with E-state index in [2.05, 4.69) is 5.10 Å². The number of ether oxygens (including phenoxy) is 2. The number of nitrogens with zero attached hydrogens (tertiary/aromatic N) is 3. The van der Waals surface area contributed by atoms with E-state index >= 15 is 0 Å². The van der Waals surface area contributed by atoms with Crippen LogP contribution in [0.15, 0.2) is 30.5 Å². The van der Waals surface area contributed by atoms with Gasteiger partial charge < -0.3 is 14.4 Å². The number of carbonyl (C=O) groups excluding carboxylic acids is 3. The monoisotopic (exact) mass is 455 g/mol. The van der Waals surface area contributed by atoms with Gasteiger partial charge in [0.1, 0.15) is 17.5 Å². The molecule has 1 atom stereocenters. The molecule has 1 saturated heterocycles. The van der Waals surface area contributed by atoms with Gasteiger partial charge in [-0.05, 0) is 66.0 Å². The Hall–Kier alpha value is -3.16. The number of piperidine rings is 1. The molecule has 3 rings (SSSR count). The largest absolute Gasteiger partial charge is 0.444 e. The Bertz CT molecular complexity index is 1030. The molecule has 0 saturated carbocycles. The molecular weight excluding hydrogens is 422 g/mol. The minimum absolute atomic E-state index is 0.0927. The van der Waals surface area contributed by atoms with Crippen LogP contribution in [0.5, 0.6) is 0 Å². The van der Waals surface area contributed by atoms with E-state index in [1.807, 2.05) is 26.8 Å². The number of carbonyl (C=O) groups is 3. The number of aromatic nitrogens is 2. The summed E-state index contributed by atoms with van der Waals surface area (Å²) in [5.41, 5.74) is 1.49. The van der Waals surface area contributed by atoms with Crippen molar-refractivity contribution in [1.82, 2.24) is 14.7 Å². The summed E-state index contributed by atoms with van der Waals surface area (Å²) in [6.45, 7) is 11.9. The normalized spacial score (nSPS) is 16.9. The fourth-order valence-corrected chi connectivity index (χ4v) is 3.79. The number of hydrogen-bond donors (Lipinski definition) is 0. The predicted octanol–water partition coefficient (Wildman–Crippen LogP) is 5.26. The highest BCUT2D eigenvalue weighted by molar-refractivity contribution is 5.80. The van der Waals surface area contributed by atoms with Crippen LogP contribution in [0.2, 0.25) is 0 Å². The summed E-state index contributed by atoms with van der Waals surface area (Å²) in [6.07, 6.45) is 3.08. The molecular formula is C25H33N3O5. The van der Waals surface area contributed by atoms with Gasteiger partial charge in [-0.2, -0.15) is 9.78 Å². The number of rotatable bonds is 3. The maximum Gasteiger partial charge on any atom is 0.435 e. The van der Waals surface area contributed by atoms with Gasteiger partial charge in [0.05, 0.1) is 5.69 Å². The lowest BCUT2D eigenvalue weighted by atomic mass is 9.90. The highest BCUT2D eigenvalue weighted by Gasteiger charge is 2.32. The Morgan fingerprint density at radius 1 is 1.06 bits per heavy atom. The first-order valence-corrected chi connectivity index (χ1v) is 11.2. The summed E-state index contributed by atoms with van der Waals surface area (Å²) in [6, 6.07) is 7.16. The van der Waals surface area contributed by atoms with Crippen molar-refractivity contribution in [2.45, 2.75) is 71.5 Å². The van der Waals surface area contributed by atoms with Crippen LogP contribution < -0.4 is 0 Å². The van der Waals surface area contributed by atoms with E-state index in [4.69, 9.17) is 9.47 Å². The predicted molar refractivity (Wildman–Crippen MR) is 124 cm³/mol. The zero-order valence-corrected chi connectivity index (χ0v) is 20.3. The minimum Gasteiger partial charge on any atom is -0.444 e. The van der Waals surface area contributed by atoms with Gasteiger partial charge >= 0.3 is 12.2 Å². The second-order valence-electron chi connectivity index (χ2n) is 10.4. The summed E-state index contributed by atoms with van der Waals surface area (Å²) in [7, 11) is 0. The number of likely N-dealkylation sites (tertiary alicyclic amines) is 1. The maximum atomic E-state index is 12.7. The molecule has 1 aliphatic rings. The number of hydrogen-bond acceptors (Lipinski definition) is 6. The fourth-order valence-electron chi connectivity index (χ4n) is 3.79. The summed E-state index contributed by atoms with van der Waals surface area (Å²) in [5.74, 6) is -0.0927. The van der Waals surface area contributed by atoms with Crippen LogP contribution >= 0.6 is 0 Å². The number of benzene rings is 1. The summed E-state index contributed by atoms with van der Waals surface area (Å²) in [5, 5.41) is 4.59. The van der Waals surface area contributed by atoms with E-state index in [1.54, 1.807) is 50.1 Å². The van der Waals surface area contributed by atoms with Crippen molar-refractivity contribution < 1.29 is 23.9 Å². The second kappa shape index (κ2) is 9.37. The standard InChI is InChI=1S/C25H33N3O5/c1-24(2,3)32-22(30)27-12-8-11-19(14-27)21-20(18-10-7-9-17(13-18)16-29)15-28(26-21)23(31)33-25(4,5)6/h7,9-10,13,15-16,19H,8,11-12,14H2,1-6H3/t19-/m1/s1. The molecule has 33 heavy (non-hydrogen) atoms.